The summed E-state index contributed by atoms with van der Waals surface area (Å²) in [5.74, 6) is 0. The molecule has 0 saturated heterocycles. The molecule has 1 unspecified atom stereocenters. The van der Waals surface area contributed by atoms with Crippen LogP contribution in [0.5, 0.6) is 0 Å². The van der Waals surface area contributed by atoms with Crippen LogP contribution in [0.4, 0.5) is 0 Å². The van der Waals surface area contributed by atoms with E-state index < -0.39 is 8.32 Å². The molecule has 0 aliphatic carbocycles. The third-order valence-electron chi connectivity index (χ3n) is 2.57. The van der Waals surface area contributed by atoms with Crippen LogP contribution >= 0.6 is 11.6 Å². The summed E-state index contributed by atoms with van der Waals surface area (Å²) in [4.78, 5) is 0. The highest BCUT2D eigenvalue weighted by molar-refractivity contribution is 6.69. The molecule has 0 fully saturated rings. The van der Waals surface area contributed by atoms with Crippen molar-refractivity contribution in [3.63, 3.8) is 0 Å². The first kappa shape index (κ1) is 16.7. The number of halogens is 1. The fourth-order valence-electron chi connectivity index (χ4n) is 1.78. The summed E-state index contributed by atoms with van der Waals surface area (Å²) in [6.07, 6.45) is 0.0135. The van der Waals surface area contributed by atoms with Crippen molar-refractivity contribution in [1.29, 1.82) is 0 Å². The lowest BCUT2D eigenvalue weighted by molar-refractivity contribution is 0.181. The van der Waals surface area contributed by atoms with E-state index in [1.165, 1.54) is 0 Å². The maximum atomic E-state index is 6.31. The summed E-state index contributed by atoms with van der Waals surface area (Å²) < 4.78 is 6.29. The van der Waals surface area contributed by atoms with Crippen molar-refractivity contribution in [2.24, 2.45) is 0 Å². The van der Waals surface area contributed by atoms with E-state index in [9.17, 15) is 0 Å². The SMILES string of the molecule is CC(C)(C)NCC(O[Si](C)(C)C)c1ccccc1Cl. The Morgan fingerprint density at radius 2 is 1.79 bits per heavy atom. The molecule has 1 N–H and O–H groups in total. The molecule has 0 aromatic heterocycles. The van der Waals surface area contributed by atoms with Crippen molar-refractivity contribution < 1.29 is 4.43 Å². The lowest BCUT2D eigenvalue weighted by Gasteiger charge is -2.30. The summed E-state index contributed by atoms with van der Waals surface area (Å²) in [5, 5.41) is 4.29. The van der Waals surface area contributed by atoms with Gasteiger partial charge in [-0.1, -0.05) is 29.8 Å². The first-order valence-corrected chi connectivity index (χ1v) is 10.5. The van der Waals surface area contributed by atoms with Crippen molar-refractivity contribution in [3.8, 4) is 0 Å². The summed E-state index contributed by atoms with van der Waals surface area (Å²) >= 11 is 6.31. The van der Waals surface area contributed by atoms with Gasteiger partial charge in [0, 0.05) is 17.1 Å². The quantitative estimate of drug-likeness (QED) is 0.801. The van der Waals surface area contributed by atoms with Gasteiger partial charge in [0.2, 0.25) is 0 Å². The Morgan fingerprint density at radius 1 is 1.21 bits per heavy atom. The highest BCUT2D eigenvalue weighted by atomic mass is 35.5. The average Bonchev–Trinajstić information content (AvgIpc) is 2.22. The lowest BCUT2D eigenvalue weighted by Crippen LogP contribution is -2.41. The van der Waals surface area contributed by atoms with Crippen LogP contribution in [0.3, 0.4) is 0 Å². The van der Waals surface area contributed by atoms with E-state index in [2.05, 4.69) is 51.8 Å². The number of rotatable bonds is 5. The number of hydrogen-bond acceptors (Lipinski definition) is 2. The second-order valence-electron chi connectivity index (χ2n) is 6.87. The number of nitrogens with one attached hydrogen (secondary N) is 1. The molecule has 0 aliphatic heterocycles. The minimum Gasteiger partial charge on any atom is -0.409 e. The molecular formula is C15H26ClNOSi. The monoisotopic (exact) mass is 299 g/mol. The molecule has 0 aliphatic rings. The average molecular weight is 300 g/mol. The van der Waals surface area contributed by atoms with Crippen molar-refractivity contribution in [3.05, 3.63) is 34.9 Å². The van der Waals surface area contributed by atoms with Gasteiger partial charge in [0.15, 0.2) is 8.32 Å². The second-order valence-corrected chi connectivity index (χ2v) is 11.7. The van der Waals surface area contributed by atoms with Gasteiger partial charge in [-0.3, -0.25) is 0 Å². The van der Waals surface area contributed by atoms with Gasteiger partial charge in [-0.2, -0.15) is 0 Å². The summed E-state index contributed by atoms with van der Waals surface area (Å²) in [6.45, 7) is 13.9. The van der Waals surface area contributed by atoms with Crippen LogP contribution in [0.15, 0.2) is 24.3 Å². The van der Waals surface area contributed by atoms with Crippen LogP contribution in [0, 0.1) is 0 Å². The molecule has 1 aromatic rings. The molecule has 0 heterocycles. The van der Waals surface area contributed by atoms with E-state index in [1.54, 1.807) is 0 Å². The first-order valence-electron chi connectivity index (χ1n) is 6.76. The predicted octanol–water partition coefficient (Wildman–Crippen LogP) is 4.62. The molecular weight excluding hydrogens is 274 g/mol. The highest BCUT2D eigenvalue weighted by Gasteiger charge is 2.25. The fourth-order valence-corrected chi connectivity index (χ4v) is 3.10. The van der Waals surface area contributed by atoms with Gasteiger partial charge in [-0.15, -0.1) is 0 Å². The van der Waals surface area contributed by atoms with E-state index >= 15 is 0 Å². The minimum atomic E-state index is -1.62. The molecule has 1 aromatic carbocycles. The first-order chi connectivity index (χ1) is 8.58. The molecule has 0 radical (unpaired) electrons. The molecule has 4 heteroatoms. The molecule has 0 spiro atoms. The molecule has 0 saturated carbocycles. The topological polar surface area (TPSA) is 21.3 Å². The normalized spacial score (nSPS) is 14.5. The fraction of sp³-hybridized carbons (Fsp3) is 0.600. The Kier molecular flexibility index (Phi) is 5.62. The van der Waals surface area contributed by atoms with Crippen LogP contribution < -0.4 is 5.32 Å². The van der Waals surface area contributed by atoms with Crippen LogP contribution in [0.2, 0.25) is 24.7 Å². The predicted molar refractivity (Wildman–Crippen MR) is 86.4 cm³/mol. The van der Waals surface area contributed by atoms with Gasteiger partial charge in [-0.05, 0) is 52.0 Å². The Balaban J connectivity index is 2.90. The van der Waals surface area contributed by atoms with Crippen LogP contribution in [0.1, 0.15) is 32.4 Å². The zero-order chi connectivity index (χ0) is 14.7. The zero-order valence-electron chi connectivity index (χ0n) is 12.9. The van der Waals surface area contributed by atoms with Gasteiger partial charge in [0.05, 0.1) is 6.10 Å². The molecule has 0 amide bonds. The Morgan fingerprint density at radius 3 is 2.26 bits per heavy atom. The van der Waals surface area contributed by atoms with E-state index in [1.807, 2.05) is 18.2 Å². The minimum absolute atomic E-state index is 0.0135. The van der Waals surface area contributed by atoms with Crippen molar-refractivity contribution in [1.82, 2.24) is 5.32 Å². The van der Waals surface area contributed by atoms with Crippen molar-refractivity contribution in [2.75, 3.05) is 6.54 Å². The second kappa shape index (κ2) is 6.40. The number of hydrogen-bond donors (Lipinski definition) is 1. The van der Waals surface area contributed by atoms with Gasteiger partial charge < -0.3 is 9.74 Å². The van der Waals surface area contributed by atoms with Gasteiger partial charge >= 0.3 is 0 Å². The van der Waals surface area contributed by atoms with Crippen LogP contribution in [-0.4, -0.2) is 20.4 Å². The summed E-state index contributed by atoms with van der Waals surface area (Å²) in [5.41, 5.74) is 1.14. The summed E-state index contributed by atoms with van der Waals surface area (Å²) in [6, 6.07) is 7.94. The maximum Gasteiger partial charge on any atom is 0.184 e. The Labute approximate surface area is 123 Å². The molecule has 108 valence electrons. The maximum absolute atomic E-state index is 6.31. The van der Waals surface area contributed by atoms with Gasteiger partial charge in [0.25, 0.3) is 0 Å². The van der Waals surface area contributed by atoms with E-state index in [0.29, 0.717) is 0 Å². The van der Waals surface area contributed by atoms with Crippen molar-refractivity contribution in [2.45, 2.75) is 52.1 Å². The van der Waals surface area contributed by atoms with E-state index in [-0.39, 0.29) is 11.6 Å². The third-order valence-corrected chi connectivity index (χ3v) is 3.90. The summed E-state index contributed by atoms with van der Waals surface area (Å²) in [7, 11) is -1.62. The molecule has 0 bridgehead atoms. The smallest absolute Gasteiger partial charge is 0.184 e. The molecule has 2 nitrogen and oxygen atoms in total. The Bertz CT molecular complexity index is 409. The Hall–Kier alpha value is -0.353. The highest BCUT2D eigenvalue weighted by Crippen LogP contribution is 2.28. The van der Waals surface area contributed by atoms with Gasteiger partial charge in [0.1, 0.15) is 0 Å². The van der Waals surface area contributed by atoms with Crippen LogP contribution in [0.25, 0.3) is 0 Å². The van der Waals surface area contributed by atoms with E-state index in [4.69, 9.17) is 16.0 Å². The zero-order valence-corrected chi connectivity index (χ0v) is 14.6. The van der Waals surface area contributed by atoms with Gasteiger partial charge in [-0.25, -0.2) is 0 Å². The lowest BCUT2D eigenvalue weighted by atomic mass is 10.1. The third kappa shape index (κ3) is 6.57. The molecule has 19 heavy (non-hydrogen) atoms. The molecule has 1 atom stereocenters. The van der Waals surface area contributed by atoms with Crippen LogP contribution in [-0.2, 0) is 4.43 Å². The largest absolute Gasteiger partial charge is 0.409 e. The molecule has 1 rings (SSSR count). The standard InChI is InChI=1S/C15H26ClNOSi/c1-15(2,3)17-11-14(18-19(4,5)6)12-9-7-8-10-13(12)16/h7-10,14,17H,11H2,1-6H3. The van der Waals surface area contributed by atoms with Crippen molar-refractivity contribution >= 4 is 19.9 Å². The number of benzene rings is 1. The van der Waals surface area contributed by atoms with E-state index in [0.717, 1.165) is 17.1 Å².